The van der Waals surface area contributed by atoms with Crippen LogP contribution in [0, 0.1) is 6.92 Å². The summed E-state index contributed by atoms with van der Waals surface area (Å²) >= 11 is 0. The van der Waals surface area contributed by atoms with Crippen LogP contribution in [0.4, 0.5) is 5.69 Å². The molecule has 15 heavy (non-hydrogen) atoms. The standard InChI is InChI=1S/C10H15N3O2/c1-7-5-12-4-3-9(7)13-10(14)8(11)6-15-2/h3-5,8H,6,11H2,1-2H3,(H,12,13,14). The number of rotatable bonds is 4. The van der Waals surface area contributed by atoms with E-state index in [9.17, 15) is 4.79 Å². The van der Waals surface area contributed by atoms with E-state index in [1.165, 1.54) is 7.11 Å². The van der Waals surface area contributed by atoms with Crippen molar-refractivity contribution in [1.29, 1.82) is 0 Å². The second-order valence-corrected chi connectivity index (χ2v) is 3.24. The van der Waals surface area contributed by atoms with Gasteiger partial charge in [-0.1, -0.05) is 0 Å². The van der Waals surface area contributed by atoms with E-state index >= 15 is 0 Å². The first-order valence-electron chi connectivity index (χ1n) is 4.61. The minimum atomic E-state index is -0.650. The molecule has 82 valence electrons. The summed E-state index contributed by atoms with van der Waals surface area (Å²) in [6.45, 7) is 2.07. The Morgan fingerprint density at radius 2 is 2.47 bits per heavy atom. The largest absolute Gasteiger partial charge is 0.383 e. The Bertz CT molecular complexity index is 341. The molecule has 0 bridgehead atoms. The van der Waals surface area contributed by atoms with Crippen molar-refractivity contribution in [2.45, 2.75) is 13.0 Å². The monoisotopic (exact) mass is 209 g/mol. The molecule has 0 aliphatic carbocycles. The third-order valence-electron chi connectivity index (χ3n) is 1.96. The van der Waals surface area contributed by atoms with E-state index in [1.807, 2.05) is 6.92 Å². The van der Waals surface area contributed by atoms with Crippen LogP contribution in [0.1, 0.15) is 5.56 Å². The number of nitrogens with zero attached hydrogens (tertiary/aromatic N) is 1. The summed E-state index contributed by atoms with van der Waals surface area (Å²) < 4.78 is 4.79. The van der Waals surface area contributed by atoms with Crippen molar-refractivity contribution in [2.24, 2.45) is 5.73 Å². The average Bonchev–Trinajstić information content (AvgIpc) is 2.21. The maximum absolute atomic E-state index is 11.5. The van der Waals surface area contributed by atoms with Gasteiger partial charge in [-0.3, -0.25) is 9.78 Å². The maximum Gasteiger partial charge on any atom is 0.243 e. The number of amides is 1. The zero-order chi connectivity index (χ0) is 11.3. The van der Waals surface area contributed by atoms with Crippen LogP contribution in [0.5, 0.6) is 0 Å². The van der Waals surface area contributed by atoms with Crippen LogP contribution in [0.25, 0.3) is 0 Å². The van der Waals surface area contributed by atoms with Gasteiger partial charge in [0.15, 0.2) is 0 Å². The molecule has 0 saturated carbocycles. The zero-order valence-corrected chi connectivity index (χ0v) is 8.86. The van der Waals surface area contributed by atoms with Crippen molar-refractivity contribution in [3.8, 4) is 0 Å². The molecule has 1 rings (SSSR count). The van der Waals surface area contributed by atoms with Gasteiger partial charge in [-0.2, -0.15) is 0 Å². The van der Waals surface area contributed by atoms with E-state index < -0.39 is 6.04 Å². The number of nitrogens with two attached hydrogens (primary N) is 1. The highest BCUT2D eigenvalue weighted by molar-refractivity contribution is 5.95. The Labute approximate surface area is 88.6 Å². The van der Waals surface area contributed by atoms with E-state index in [1.54, 1.807) is 18.5 Å². The van der Waals surface area contributed by atoms with Crippen LogP contribution < -0.4 is 11.1 Å². The highest BCUT2D eigenvalue weighted by Gasteiger charge is 2.13. The number of carbonyl (C=O) groups is 1. The molecule has 5 nitrogen and oxygen atoms in total. The Morgan fingerprint density at radius 1 is 1.73 bits per heavy atom. The van der Waals surface area contributed by atoms with Crippen molar-refractivity contribution in [1.82, 2.24) is 4.98 Å². The van der Waals surface area contributed by atoms with Gasteiger partial charge in [-0.25, -0.2) is 0 Å². The first-order chi connectivity index (χ1) is 7.15. The highest BCUT2D eigenvalue weighted by Crippen LogP contribution is 2.11. The van der Waals surface area contributed by atoms with Gasteiger partial charge in [0.25, 0.3) is 0 Å². The van der Waals surface area contributed by atoms with Crippen molar-refractivity contribution in [3.63, 3.8) is 0 Å². The van der Waals surface area contributed by atoms with E-state index in [0.29, 0.717) is 0 Å². The third-order valence-corrected chi connectivity index (χ3v) is 1.96. The van der Waals surface area contributed by atoms with E-state index in [2.05, 4.69) is 10.3 Å². The van der Waals surface area contributed by atoms with Crippen LogP contribution in [0.15, 0.2) is 18.5 Å². The van der Waals surface area contributed by atoms with Crippen LogP contribution in [0.2, 0.25) is 0 Å². The van der Waals surface area contributed by atoms with Gasteiger partial charge in [-0.15, -0.1) is 0 Å². The van der Waals surface area contributed by atoms with E-state index in [4.69, 9.17) is 10.5 Å². The lowest BCUT2D eigenvalue weighted by molar-refractivity contribution is -0.118. The molecule has 0 aliphatic heterocycles. The number of methoxy groups -OCH3 is 1. The van der Waals surface area contributed by atoms with Gasteiger partial charge in [0.2, 0.25) is 5.91 Å². The molecule has 1 heterocycles. The van der Waals surface area contributed by atoms with Gasteiger partial charge in [0.1, 0.15) is 6.04 Å². The fraction of sp³-hybridized carbons (Fsp3) is 0.400. The number of aryl methyl sites for hydroxylation is 1. The number of aromatic nitrogens is 1. The second kappa shape index (κ2) is 5.43. The van der Waals surface area contributed by atoms with Gasteiger partial charge in [0.05, 0.1) is 6.61 Å². The molecular weight excluding hydrogens is 194 g/mol. The topological polar surface area (TPSA) is 77.2 Å². The molecule has 0 radical (unpaired) electrons. The van der Waals surface area contributed by atoms with Crippen molar-refractivity contribution in [3.05, 3.63) is 24.0 Å². The van der Waals surface area contributed by atoms with Gasteiger partial charge < -0.3 is 15.8 Å². The first kappa shape index (κ1) is 11.6. The van der Waals surface area contributed by atoms with Crippen molar-refractivity contribution >= 4 is 11.6 Å². The number of carbonyl (C=O) groups excluding carboxylic acids is 1. The molecule has 1 aromatic rings. The molecule has 5 heteroatoms. The molecule has 3 N–H and O–H groups in total. The number of pyridine rings is 1. The van der Waals surface area contributed by atoms with Crippen LogP contribution in [-0.4, -0.2) is 30.6 Å². The van der Waals surface area contributed by atoms with Gasteiger partial charge >= 0.3 is 0 Å². The number of ether oxygens (including phenoxy) is 1. The third kappa shape index (κ3) is 3.30. The van der Waals surface area contributed by atoms with E-state index in [0.717, 1.165) is 11.3 Å². The Balaban J connectivity index is 2.62. The molecule has 0 aliphatic rings. The average molecular weight is 209 g/mol. The lowest BCUT2D eigenvalue weighted by Crippen LogP contribution is -2.39. The molecule has 0 fully saturated rings. The number of hydrogen-bond donors (Lipinski definition) is 2. The van der Waals surface area contributed by atoms with Crippen LogP contribution in [-0.2, 0) is 9.53 Å². The maximum atomic E-state index is 11.5. The summed E-state index contributed by atoms with van der Waals surface area (Å²) in [7, 11) is 1.50. The quantitative estimate of drug-likeness (QED) is 0.747. The number of nitrogens with one attached hydrogen (secondary N) is 1. The molecular formula is C10H15N3O2. The minimum Gasteiger partial charge on any atom is -0.383 e. The Morgan fingerprint density at radius 3 is 3.07 bits per heavy atom. The molecule has 1 unspecified atom stereocenters. The SMILES string of the molecule is COCC(N)C(=O)Nc1ccncc1C. The lowest BCUT2D eigenvalue weighted by atomic mass is 10.2. The highest BCUT2D eigenvalue weighted by atomic mass is 16.5. The van der Waals surface area contributed by atoms with Crippen LogP contribution >= 0.6 is 0 Å². The van der Waals surface area contributed by atoms with Crippen LogP contribution in [0.3, 0.4) is 0 Å². The fourth-order valence-electron chi connectivity index (χ4n) is 1.09. The predicted molar refractivity (Wildman–Crippen MR) is 57.5 cm³/mol. The molecule has 1 atom stereocenters. The molecule has 1 amide bonds. The molecule has 0 saturated heterocycles. The summed E-state index contributed by atoms with van der Waals surface area (Å²) in [5.41, 5.74) is 7.20. The lowest BCUT2D eigenvalue weighted by Gasteiger charge is -2.12. The van der Waals surface area contributed by atoms with Gasteiger partial charge in [0, 0.05) is 25.2 Å². The summed E-state index contributed by atoms with van der Waals surface area (Å²) in [4.78, 5) is 15.4. The summed E-state index contributed by atoms with van der Waals surface area (Å²) in [6.07, 6.45) is 3.29. The molecule has 0 aromatic carbocycles. The Hall–Kier alpha value is -1.46. The van der Waals surface area contributed by atoms with Crippen molar-refractivity contribution < 1.29 is 9.53 Å². The number of hydrogen-bond acceptors (Lipinski definition) is 4. The van der Waals surface area contributed by atoms with Crippen molar-refractivity contribution in [2.75, 3.05) is 19.0 Å². The zero-order valence-electron chi connectivity index (χ0n) is 8.86. The summed E-state index contributed by atoms with van der Waals surface area (Å²) in [5, 5.41) is 2.71. The minimum absolute atomic E-state index is 0.204. The smallest absolute Gasteiger partial charge is 0.243 e. The summed E-state index contributed by atoms with van der Waals surface area (Å²) in [6, 6.07) is 1.08. The first-order valence-corrected chi connectivity index (χ1v) is 4.61. The Kier molecular flexibility index (Phi) is 4.20. The number of anilines is 1. The summed E-state index contributed by atoms with van der Waals surface area (Å²) in [5.74, 6) is -0.258. The second-order valence-electron chi connectivity index (χ2n) is 3.24. The van der Waals surface area contributed by atoms with E-state index in [-0.39, 0.29) is 12.5 Å². The fourth-order valence-corrected chi connectivity index (χ4v) is 1.09. The predicted octanol–water partition coefficient (Wildman–Crippen LogP) is 0.302. The molecule has 0 spiro atoms. The van der Waals surface area contributed by atoms with Gasteiger partial charge in [-0.05, 0) is 18.6 Å². The normalized spacial score (nSPS) is 12.2. The molecule has 1 aromatic heterocycles.